The largest absolute Gasteiger partial charge is 0.370 e. The summed E-state index contributed by atoms with van der Waals surface area (Å²) in [4.78, 5) is 2.53. The van der Waals surface area contributed by atoms with Crippen molar-refractivity contribution in [3.05, 3.63) is 29.8 Å². The third kappa shape index (κ3) is 7.96. The monoisotopic (exact) mass is 347 g/mol. The number of benzene rings is 1. The Kier molecular flexibility index (Phi) is 10.4. The molecule has 1 heterocycles. The number of hydrogen-bond donors (Lipinski definition) is 0. The van der Waals surface area contributed by atoms with Crippen molar-refractivity contribution in [3.8, 4) is 0 Å². The summed E-state index contributed by atoms with van der Waals surface area (Å²) in [5.74, 6) is 2.56. The number of rotatable bonds is 12. The van der Waals surface area contributed by atoms with Crippen molar-refractivity contribution in [1.82, 2.24) is 0 Å². The molecule has 0 amide bonds. The fourth-order valence-corrected chi connectivity index (χ4v) is 4.41. The van der Waals surface area contributed by atoms with Gasteiger partial charge >= 0.3 is 0 Å². The van der Waals surface area contributed by atoms with E-state index in [0.29, 0.717) is 0 Å². The molecule has 1 fully saturated rings. The fourth-order valence-electron chi connectivity index (χ4n) is 3.51. The normalized spacial score (nSPS) is 15.0. The van der Waals surface area contributed by atoms with Gasteiger partial charge in [0.05, 0.1) is 0 Å². The van der Waals surface area contributed by atoms with Crippen LogP contribution in [0.25, 0.3) is 0 Å². The predicted octanol–water partition coefficient (Wildman–Crippen LogP) is 6.70. The van der Waals surface area contributed by atoms with Gasteiger partial charge in [0.2, 0.25) is 0 Å². The lowest BCUT2D eigenvalue weighted by molar-refractivity contribution is 0.556. The maximum absolute atomic E-state index is 2.53. The second-order valence-electron chi connectivity index (χ2n) is 7.20. The molecule has 0 spiro atoms. The lowest BCUT2D eigenvalue weighted by Gasteiger charge is -2.28. The third-order valence-corrected chi connectivity index (χ3v) is 6.07. The molecular formula is C22H37NS. The Balaban J connectivity index is 1.50. The first-order valence-corrected chi connectivity index (χ1v) is 11.5. The molecule has 2 rings (SSSR count). The first kappa shape index (κ1) is 19.7. The molecule has 1 aliphatic rings. The van der Waals surface area contributed by atoms with E-state index in [0.717, 1.165) is 0 Å². The molecule has 24 heavy (non-hydrogen) atoms. The van der Waals surface area contributed by atoms with E-state index >= 15 is 0 Å². The van der Waals surface area contributed by atoms with Crippen molar-refractivity contribution in [2.75, 3.05) is 29.5 Å². The minimum absolute atomic E-state index is 1.21. The highest BCUT2D eigenvalue weighted by Gasteiger charge is 2.10. The van der Waals surface area contributed by atoms with Gasteiger partial charge in [-0.25, -0.2) is 0 Å². The van der Waals surface area contributed by atoms with Crippen molar-refractivity contribution >= 4 is 17.4 Å². The summed E-state index contributed by atoms with van der Waals surface area (Å²) in [6.07, 6.45) is 15.5. The third-order valence-electron chi connectivity index (χ3n) is 5.13. The zero-order valence-electron chi connectivity index (χ0n) is 15.8. The van der Waals surface area contributed by atoms with Crippen LogP contribution in [0.2, 0.25) is 0 Å². The van der Waals surface area contributed by atoms with E-state index in [1.54, 1.807) is 0 Å². The smallest absolute Gasteiger partial charge is 0.0366 e. The molecule has 2 heteroatoms. The first-order valence-electron chi connectivity index (χ1n) is 10.3. The van der Waals surface area contributed by atoms with Gasteiger partial charge in [-0.2, -0.15) is 11.8 Å². The summed E-state index contributed by atoms with van der Waals surface area (Å²) in [5, 5.41) is 0. The van der Waals surface area contributed by atoms with Crippen LogP contribution in [-0.4, -0.2) is 24.6 Å². The second kappa shape index (κ2) is 12.7. The van der Waals surface area contributed by atoms with E-state index in [4.69, 9.17) is 0 Å². The van der Waals surface area contributed by atoms with Crippen LogP contribution in [-0.2, 0) is 6.42 Å². The zero-order chi connectivity index (χ0) is 16.9. The van der Waals surface area contributed by atoms with Gasteiger partial charge < -0.3 is 4.90 Å². The average Bonchev–Trinajstić information content (AvgIpc) is 2.64. The Labute approximate surface area is 154 Å². The van der Waals surface area contributed by atoms with E-state index < -0.39 is 0 Å². The molecule has 0 N–H and O–H groups in total. The number of nitrogens with zero attached hydrogens (tertiary/aromatic N) is 1. The first-order chi connectivity index (χ1) is 11.9. The van der Waals surface area contributed by atoms with Crippen LogP contribution in [0.5, 0.6) is 0 Å². The van der Waals surface area contributed by atoms with Crippen LogP contribution < -0.4 is 4.90 Å². The van der Waals surface area contributed by atoms with Crippen molar-refractivity contribution in [3.63, 3.8) is 0 Å². The summed E-state index contributed by atoms with van der Waals surface area (Å²) in [5.41, 5.74) is 2.94. The van der Waals surface area contributed by atoms with Gasteiger partial charge in [-0.1, -0.05) is 76.8 Å². The van der Waals surface area contributed by atoms with Crippen LogP contribution in [0.4, 0.5) is 5.69 Å². The van der Waals surface area contributed by atoms with E-state index in [2.05, 4.69) is 47.9 Å². The van der Waals surface area contributed by atoms with Gasteiger partial charge in [-0.3, -0.25) is 0 Å². The molecule has 0 unspecified atom stereocenters. The molecule has 1 aliphatic heterocycles. The Morgan fingerprint density at radius 2 is 1.29 bits per heavy atom. The molecule has 1 aromatic rings. The van der Waals surface area contributed by atoms with E-state index in [1.165, 1.54) is 106 Å². The summed E-state index contributed by atoms with van der Waals surface area (Å²) in [7, 11) is 0. The second-order valence-corrected chi connectivity index (χ2v) is 8.42. The van der Waals surface area contributed by atoms with Crippen molar-refractivity contribution < 1.29 is 0 Å². The molecule has 0 bridgehead atoms. The molecule has 0 radical (unpaired) electrons. The topological polar surface area (TPSA) is 3.24 Å². The number of aryl methyl sites for hydroxylation is 1. The van der Waals surface area contributed by atoms with Crippen LogP contribution in [0.3, 0.4) is 0 Å². The van der Waals surface area contributed by atoms with Crippen LogP contribution in [0.1, 0.15) is 76.7 Å². The van der Waals surface area contributed by atoms with Gasteiger partial charge in [0.25, 0.3) is 0 Å². The predicted molar refractivity (Wildman–Crippen MR) is 112 cm³/mol. The Bertz CT molecular complexity index is 408. The zero-order valence-corrected chi connectivity index (χ0v) is 16.6. The van der Waals surface area contributed by atoms with Gasteiger partial charge in [-0.05, 0) is 30.5 Å². The van der Waals surface area contributed by atoms with E-state index in [-0.39, 0.29) is 0 Å². The van der Waals surface area contributed by atoms with Crippen LogP contribution in [0.15, 0.2) is 24.3 Å². The molecule has 0 aromatic heterocycles. The number of hydrogen-bond acceptors (Lipinski definition) is 2. The van der Waals surface area contributed by atoms with E-state index in [9.17, 15) is 0 Å². The minimum Gasteiger partial charge on any atom is -0.370 e. The standard InChI is InChI=1S/C22H37NS/c1-2-3-4-5-6-7-8-9-10-11-12-21-13-15-22(16-14-21)23-17-19-24-20-18-23/h13-16H,2-12,17-20H2,1H3. The molecule has 136 valence electrons. The molecule has 1 saturated heterocycles. The molecule has 1 aromatic carbocycles. The molecular weight excluding hydrogens is 310 g/mol. The van der Waals surface area contributed by atoms with Crippen LogP contribution >= 0.6 is 11.8 Å². The van der Waals surface area contributed by atoms with Crippen molar-refractivity contribution in [1.29, 1.82) is 0 Å². The average molecular weight is 348 g/mol. The quantitative estimate of drug-likeness (QED) is 0.387. The maximum Gasteiger partial charge on any atom is 0.0366 e. The Hall–Kier alpha value is -0.630. The number of anilines is 1. The lowest BCUT2D eigenvalue weighted by Crippen LogP contribution is -2.32. The Morgan fingerprint density at radius 1 is 0.750 bits per heavy atom. The maximum atomic E-state index is 2.53. The molecule has 0 saturated carbocycles. The van der Waals surface area contributed by atoms with E-state index in [1.807, 2.05) is 0 Å². The van der Waals surface area contributed by atoms with Crippen molar-refractivity contribution in [2.24, 2.45) is 0 Å². The summed E-state index contributed by atoms with van der Waals surface area (Å²) >= 11 is 2.08. The Morgan fingerprint density at radius 3 is 1.88 bits per heavy atom. The molecule has 0 atom stereocenters. The highest BCUT2D eigenvalue weighted by molar-refractivity contribution is 7.99. The number of thioether (sulfide) groups is 1. The summed E-state index contributed by atoms with van der Waals surface area (Å²) in [6.45, 7) is 4.71. The fraction of sp³-hybridized carbons (Fsp3) is 0.727. The van der Waals surface area contributed by atoms with Gasteiger partial charge in [0.1, 0.15) is 0 Å². The van der Waals surface area contributed by atoms with Crippen molar-refractivity contribution in [2.45, 2.75) is 77.6 Å². The highest BCUT2D eigenvalue weighted by Crippen LogP contribution is 2.20. The van der Waals surface area contributed by atoms with Gasteiger partial charge in [0.15, 0.2) is 0 Å². The van der Waals surface area contributed by atoms with Gasteiger partial charge in [0, 0.05) is 30.3 Å². The highest BCUT2D eigenvalue weighted by atomic mass is 32.2. The molecule has 1 nitrogen and oxygen atoms in total. The summed E-state index contributed by atoms with van der Waals surface area (Å²) in [6, 6.07) is 9.37. The SMILES string of the molecule is CCCCCCCCCCCCc1ccc(N2CCSCC2)cc1. The minimum atomic E-state index is 1.21. The van der Waals surface area contributed by atoms with Gasteiger partial charge in [-0.15, -0.1) is 0 Å². The lowest BCUT2D eigenvalue weighted by atomic mass is 10.0. The summed E-state index contributed by atoms with van der Waals surface area (Å²) < 4.78 is 0. The number of unbranched alkanes of at least 4 members (excludes halogenated alkanes) is 9. The molecule has 0 aliphatic carbocycles. The van der Waals surface area contributed by atoms with Crippen LogP contribution in [0, 0.1) is 0 Å².